The number of nitrogens with zero attached hydrogens (tertiary/aromatic N) is 1. The van der Waals surface area contributed by atoms with Gasteiger partial charge in [0.1, 0.15) is 5.75 Å². The van der Waals surface area contributed by atoms with Crippen LogP contribution in [-0.2, 0) is 0 Å². The molecule has 2 N–H and O–H groups in total. The van der Waals surface area contributed by atoms with Gasteiger partial charge in [0.25, 0.3) is 5.91 Å². The van der Waals surface area contributed by atoms with E-state index >= 15 is 0 Å². The number of hydrogen-bond donors (Lipinski definition) is 2. The summed E-state index contributed by atoms with van der Waals surface area (Å²) in [5.41, 5.74) is 4.12. The molecule has 0 spiro atoms. The number of hydrazone groups is 1. The number of fused-ring (bicyclic) bond motifs is 1. The molecule has 4 heteroatoms. The fourth-order valence-corrected chi connectivity index (χ4v) is 2.46. The lowest BCUT2D eigenvalue weighted by Crippen LogP contribution is -2.35. The van der Waals surface area contributed by atoms with Crippen LogP contribution >= 0.6 is 0 Å². The minimum atomic E-state index is -0.243. The molecule has 0 heterocycles. The smallest absolute Gasteiger partial charge is 0.271 e. The Morgan fingerprint density at radius 1 is 1.33 bits per heavy atom. The third-order valence-corrected chi connectivity index (χ3v) is 3.58. The molecule has 1 saturated carbocycles. The second-order valence-electron chi connectivity index (χ2n) is 4.74. The van der Waals surface area contributed by atoms with E-state index < -0.39 is 0 Å². The Hall–Kier alpha value is -2.10. The largest absolute Gasteiger partial charge is 0.508 e. The number of carbonyl (C=O) groups is 1. The van der Waals surface area contributed by atoms with Crippen molar-refractivity contribution in [1.82, 2.24) is 5.43 Å². The Bertz CT molecular complexity index is 531. The van der Waals surface area contributed by atoms with E-state index in [-0.39, 0.29) is 11.7 Å². The quantitative estimate of drug-likeness (QED) is 0.616. The van der Waals surface area contributed by atoms with Crippen molar-refractivity contribution in [2.24, 2.45) is 16.9 Å². The molecule has 92 valence electrons. The van der Waals surface area contributed by atoms with Crippen LogP contribution in [0.2, 0.25) is 0 Å². The van der Waals surface area contributed by atoms with Crippen molar-refractivity contribution in [2.45, 2.75) is 12.8 Å². The molecule has 0 radical (unpaired) electrons. The maximum atomic E-state index is 11.8. The first-order chi connectivity index (χ1) is 8.74. The Morgan fingerprint density at radius 2 is 2.11 bits per heavy atom. The van der Waals surface area contributed by atoms with E-state index in [4.69, 9.17) is 5.11 Å². The third kappa shape index (κ3) is 1.90. The number of phenolic OH excluding ortho intramolecular Hbond substituents is 1. The van der Waals surface area contributed by atoms with E-state index in [9.17, 15) is 4.79 Å². The Labute approximate surface area is 105 Å². The van der Waals surface area contributed by atoms with E-state index in [1.165, 1.54) is 12.1 Å². The third-order valence-electron chi connectivity index (χ3n) is 3.58. The van der Waals surface area contributed by atoms with Gasteiger partial charge in [0, 0.05) is 17.2 Å². The average molecular weight is 242 g/mol. The van der Waals surface area contributed by atoms with Crippen LogP contribution in [0, 0.1) is 11.8 Å². The number of nitrogens with one attached hydrogen (secondary N) is 1. The molecule has 1 aromatic carbocycles. The summed E-state index contributed by atoms with van der Waals surface area (Å²) < 4.78 is 0. The topological polar surface area (TPSA) is 61.7 Å². The molecular weight excluding hydrogens is 228 g/mol. The summed E-state index contributed by atoms with van der Waals surface area (Å²) >= 11 is 0. The van der Waals surface area contributed by atoms with Crippen LogP contribution < -0.4 is 5.43 Å². The molecule has 0 saturated heterocycles. The molecule has 2 aliphatic rings. The standard InChI is InChI=1S/C14H14N2O2/c17-11-6-4-9(5-7-11)14(18)16-15-13-8-10-2-1-3-12(10)13/h1,3-7,10,12,17H,2,8H2,(H,16,18)/b15-13-. The van der Waals surface area contributed by atoms with E-state index in [0.29, 0.717) is 17.4 Å². The summed E-state index contributed by atoms with van der Waals surface area (Å²) in [6, 6.07) is 6.12. The van der Waals surface area contributed by atoms with Gasteiger partial charge in [0.15, 0.2) is 0 Å². The number of rotatable bonds is 2. The molecule has 18 heavy (non-hydrogen) atoms. The molecule has 3 rings (SSSR count). The molecule has 0 bridgehead atoms. The highest BCUT2D eigenvalue weighted by atomic mass is 16.3. The van der Waals surface area contributed by atoms with Gasteiger partial charge in [-0.2, -0.15) is 5.10 Å². The Balaban J connectivity index is 1.63. The van der Waals surface area contributed by atoms with Crippen molar-refractivity contribution < 1.29 is 9.90 Å². The zero-order valence-corrected chi connectivity index (χ0v) is 9.84. The number of amides is 1. The van der Waals surface area contributed by atoms with Crippen LogP contribution in [0.4, 0.5) is 0 Å². The van der Waals surface area contributed by atoms with E-state index in [0.717, 1.165) is 18.6 Å². The van der Waals surface area contributed by atoms with Crippen molar-refractivity contribution in [3.05, 3.63) is 42.0 Å². The molecule has 2 unspecified atom stereocenters. The molecule has 2 atom stereocenters. The summed E-state index contributed by atoms with van der Waals surface area (Å²) in [7, 11) is 0. The SMILES string of the molecule is O=C(N/N=C1/CC2CC=CC12)c1ccc(O)cc1. The van der Waals surface area contributed by atoms with Gasteiger partial charge in [-0.05, 0) is 43.0 Å². The van der Waals surface area contributed by atoms with E-state index in [1.54, 1.807) is 12.1 Å². The van der Waals surface area contributed by atoms with Crippen LogP contribution in [0.5, 0.6) is 5.75 Å². The van der Waals surface area contributed by atoms with Gasteiger partial charge in [-0.3, -0.25) is 4.79 Å². The number of aromatic hydroxyl groups is 1. The molecule has 1 fully saturated rings. The zero-order valence-electron chi connectivity index (χ0n) is 9.84. The van der Waals surface area contributed by atoms with Gasteiger partial charge >= 0.3 is 0 Å². The number of phenols is 1. The number of allylic oxidation sites excluding steroid dienone is 2. The lowest BCUT2D eigenvalue weighted by molar-refractivity contribution is 0.0954. The predicted molar refractivity (Wildman–Crippen MR) is 68.4 cm³/mol. The van der Waals surface area contributed by atoms with E-state index in [2.05, 4.69) is 22.7 Å². The first kappa shape index (κ1) is 11.0. The lowest BCUT2D eigenvalue weighted by Gasteiger charge is -2.31. The maximum absolute atomic E-state index is 11.8. The van der Waals surface area contributed by atoms with Gasteiger partial charge in [0.2, 0.25) is 0 Å². The first-order valence-electron chi connectivity index (χ1n) is 6.06. The van der Waals surface area contributed by atoms with Gasteiger partial charge in [-0.25, -0.2) is 5.43 Å². The van der Waals surface area contributed by atoms with Crippen LogP contribution in [0.15, 0.2) is 41.5 Å². The fourth-order valence-electron chi connectivity index (χ4n) is 2.46. The van der Waals surface area contributed by atoms with Gasteiger partial charge in [-0.15, -0.1) is 0 Å². The van der Waals surface area contributed by atoms with Gasteiger partial charge < -0.3 is 5.11 Å². The Morgan fingerprint density at radius 3 is 2.83 bits per heavy atom. The van der Waals surface area contributed by atoms with Crippen molar-refractivity contribution in [3.8, 4) is 5.75 Å². The normalized spacial score (nSPS) is 26.8. The highest BCUT2D eigenvalue weighted by Gasteiger charge is 2.37. The Kier molecular flexibility index (Phi) is 2.63. The van der Waals surface area contributed by atoms with Crippen LogP contribution in [0.25, 0.3) is 0 Å². The minimum Gasteiger partial charge on any atom is -0.508 e. The minimum absolute atomic E-state index is 0.149. The molecule has 0 aliphatic heterocycles. The maximum Gasteiger partial charge on any atom is 0.271 e. The average Bonchev–Trinajstić information content (AvgIpc) is 2.72. The predicted octanol–water partition coefficient (Wildman–Crippen LogP) is 2.07. The summed E-state index contributed by atoms with van der Waals surface area (Å²) in [4.78, 5) is 11.8. The van der Waals surface area contributed by atoms with E-state index in [1.807, 2.05) is 0 Å². The van der Waals surface area contributed by atoms with Crippen molar-refractivity contribution >= 4 is 11.6 Å². The van der Waals surface area contributed by atoms with Crippen LogP contribution in [0.3, 0.4) is 0 Å². The molecule has 4 nitrogen and oxygen atoms in total. The van der Waals surface area contributed by atoms with Crippen molar-refractivity contribution in [1.29, 1.82) is 0 Å². The van der Waals surface area contributed by atoms with Gasteiger partial charge in [0.05, 0.1) is 0 Å². The van der Waals surface area contributed by atoms with Crippen molar-refractivity contribution in [3.63, 3.8) is 0 Å². The summed E-state index contributed by atoms with van der Waals surface area (Å²) in [6.07, 6.45) is 6.46. The second-order valence-corrected chi connectivity index (χ2v) is 4.74. The van der Waals surface area contributed by atoms with Crippen LogP contribution in [-0.4, -0.2) is 16.7 Å². The fraction of sp³-hybridized carbons (Fsp3) is 0.286. The van der Waals surface area contributed by atoms with Gasteiger partial charge in [-0.1, -0.05) is 12.2 Å². The monoisotopic (exact) mass is 242 g/mol. The lowest BCUT2D eigenvalue weighted by atomic mass is 9.74. The molecule has 1 aromatic rings. The first-order valence-corrected chi connectivity index (χ1v) is 6.06. The number of carbonyl (C=O) groups excluding carboxylic acids is 1. The number of hydrogen-bond acceptors (Lipinski definition) is 3. The molecule has 1 amide bonds. The molecule has 0 aromatic heterocycles. The number of benzene rings is 1. The summed E-state index contributed by atoms with van der Waals surface area (Å²) in [5, 5.41) is 13.3. The van der Waals surface area contributed by atoms with Crippen LogP contribution in [0.1, 0.15) is 23.2 Å². The van der Waals surface area contributed by atoms with Crippen molar-refractivity contribution in [2.75, 3.05) is 0 Å². The summed E-state index contributed by atoms with van der Waals surface area (Å²) in [6.45, 7) is 0. The molecular formula is C14H14N2O2. The molecule has 2 aliphatic carbocycles. The highest BCUT2D eigenvalue weighted by molar-refractivity contribution is 5.98. The zero-order chi connectivity index (χ0) is 12.5. The highest BCUT2D eigenvalue weighted by Crippen LogP contribution is 2.40. The summed E-state index contributed by atoms with van der Waals surface area (Å²) in [5.74, 6) is 1.04. The second kappa shape index (κ2) is 4.29.